The second-order valence-electron chi connectivity index (χ2n) is 6.94. The minimum atomic E-state index is -3.22. The number of halogens is 1. The summed E-state index contributed by atoms with van der Waals surface area (Å²) >= 11 is 6.24. The molecule has 0 aliphatic heterocycles. The largest absolute Gasteiger partial charge is 0.339 e. The lowest BCUT2D eigenvalue weighted by Crippen LogP contribution is -2.31. The fraction of sp³-hybridized carbons (Fsp3) is 0.350. The average Bonchev–Trinajstić information content (AvgIpc) is 3.40. The van der Waals surface area contributed by atoms with Gasteiger partial charge in [0.25, 0.3) is 0 Å². The van der Waals surface area contributed by atoms with Crippen molar-refractivity contribution in [3.63, 3.8) is 0 Å². The van der Waals surface area contributed by atoms with E-state index in [-0.39, 0.29) is 28.7 Å². The summed E-state index contributed by atoms with van der Waals surface area (Å²) in [7, 11) is -1.43. The van der Waals surface area contributed by atoms with Gasteiger partial charge in [-0.05, 0) is 48.6 Å². The molecule has 1 aliphatic rings. The highest BCUT2D eigenvalue weighted by atomic mass is 35.5. The fourth-order valence-corrected chi connectivity index (χ4v) is 4.16. The van der Waals surface area contributed by atoms with Gasteiger partial charge in [0.1, 0.15) is 0 Å². The van der Waals surface area contributed by atoms with Crippen LogP contribution < -0.4 is 0 Å². The van der Waals surface area contributed by atoms with Gasteiger partial charge in [-0.15, -0.1) is 0 Å². The fourth-order valence-electron chi connectivity index (χ4n) is 3.26. The number of benzene rings is 2. The maximum atomic E-state index is 12.8. The Kier molecular flexibility index (Phi) is 5.13. The van der Waals surface area contributed by atoms with E-state index in [1.165, 1.54) is 6.26 Å². The summed E-state index contributed by atoms with van der Waals surface area (Å²) in [5.41, 5.74) is 1.94. The summed E-state index contributed by atoms with van der Waals surface area (Å²) in [6.07, 6.45) is 2.00. The normalized spacial score (nSPS) is 20.5. The number of sulfone groups is 1. The molecule has 0 radical (unpaired) electrons. The van der Waals surface area contributed by atoms with Crippen molar-refractivity contribution in [2.45, 2.75) is 30.2 Å². The molecule has 1 amide bonds. The van der Waals surface area contributed by atoms with Crippen LogP contribution in [0, 0.1) is 5.92 Å². The average molecular weight is 392 g/mol. The minimum Gasteiger partial charge on any atom is -0.339 e. The summed E-state index contributed by atoms with van der Waals surface area (Å²) in [4.78, 5) is 14.8. The molecule has 1 fully saturated rings. The van der Waals surface area contributed by atoms with Gasteiger partial charge in [0.15, 0.2) is 9.84 Å². The summed E-state index contributed by atoms with van der Waals surface area (Å²) in [6.45, 7) is 1.94. The van der Waals surface area contributed by atoms with Crippen LogP contribution in [0.15, 0.2) is 53.4 Å². The predicted molar refractivity (Wildman–Crippen MR) is 103 cm³/mol. The van der Waals surface area contributed by atoms with E-state index >= 15 is 0 Å². The zero-order valence-corrected chi connectivity index (χ0v) is 16.6. The van der Waals surface area contributed by atoms with Crippen LogP contribution in [-0.4, -0.2) is 32.5 Å². The second kappa shape index (κ2) is 7.05. The number of hydrogen-bond acceptors (Lipinski definition) is 3. The van der Waals surface area contributed by atoms with E-state index in [9.17, 15) is 13.2 Å². The standard InChI is InChI=1S/C20H22ClNO3S/c1-13(14-8-10-15(11-9-14)26(3,24)25)22(2)20(23)18-12-17(18)16-6-4-5-7-19(16)21/h4-11,13,17-18H,12H2,1-3H3. The zero-order valence-electron chi connectivity index (χ0n) is 15.0. The first-order chi connectivity index (χ1) is 12.2. The van der Waals surface area contributed by atoms with Gasteiger partial charge in [-0.2, -0.15) is 0 Å². The van der Waals surface area contributed by atoms with Crippen LogP contribution in [0.5, 0.6) is 0 Å². The third kappa shape index (κ3) is 3.79. The molecule has 0 aromatic heterocycles. The van der Waals surface area contributed by atoms with Crippen molar-refractivity contribution in [1.29, 1.82) is 0 Å². The van der Waals surface area contributed by atoms with Crippen LogP contribution in [0.4, 0.5) is 0 Å². The Labute approximate surface area is 159 Å². The smallest absolute Gasteiger partial charge is 0.226 e. The summed E-state index contributed by atoms with van der Waals surface area (Å²) < 4.78 is 23.2. The van der Waals surface area contributed by atoms with Crippen LogP contribution in [0.3, 0.4) is 0 Å². The summed E-state index contributed by atoms with van der Waals surface area (Å²) in [5, 5.41) is 0.708. The first-order valence-electron chi connectivity index (χ1n) is 8.51. The highest BCUT2D eigenvalue weighted by Gasteiger charge is 2.46. The third-order valence-corrected chi connectivity index (χ3v) is 6.60. The molecule has 2 aromatic rings. The van der Waals surface area contributed by atoms with E-state index < -0.39 is 9.84 Å². The van der Waals surface area contributed by atoms with Crippen molar-refractivity contribution in [2.75, 3.05) is 13.3 Å². The van der Waals surface area contributed by atoms with Crippen molar-refractivity contribution < 1.29 is 13.2 Å². The van der Waals surface area contributed by atoms with E-state index in [4.69, 9.17) is 11.6 Å². The van der Waals surface area contributed by atoms with Crippen molar-refractivity contribution in [1.82, 2.24) is 4.90 Å². The van der Waals surface area contributed by atoms with Crippen LogP contribution in [-0.2, 0) is 14.6 Å². The molecule has 0 bridgehead atoms. The van der Waals surface area contributed by atoms with Gasteiger partial charge < -0.3 is 4.90 Å². The molecule has 26 heavy (non-hydrogen) atoms. The molecule has 0 spiro atoms. The molecule has 1 saturated carbocycles. The molecule has 138 valence electrons. The second-order valence-corrected chi connectivity index (χ2v) is 9.36. The highest BCUT2D eigenvalue weighted by molar-refractivity contribution is 7.90. The molecule has 3 rings (SSSR count). The maximum Gasteiger partial charge on any atom is 0.226 e. The van der Waals surface area contributed by atoms with Crippen molar-refractivity contribution in [3.05, 3.63) is 64.7 Å². The Morgan fingerprint density at radius 1 is 1.15 bits per heavy atom. The van der Waals surface area contributed by atoms with E-state index in [1.807, 2.05) is 31.2 Å². The lowest BCUT2D eigenvalue weighted by molar-refractivity contribution is -0.133. The number of nitrogens with zero attached hydrogens (tertiary/aromatic N) is 1. The lowest BCUT2D eigenvalue weighted by atomic mass is 10.1. The number of amides is 1. The SMILES string of the molecule is CC(c1ccc(S(C)(=O)=O)cc1)N(C)C(=O)C1CC1c1ccccc1Cl. The molecule has 0 N–H and O–H groups in total. The lowest BCUT2D eigenvalue weighted by Gasteiger charge is -2.26. The van der Waals surface area contributed by atoms with Gasteiger partial charge in [-0.25, -0.2) is 8.42 Å². The van der Waals surface area contributed by atoms with Crippen LogP contribution >= 0.6 is 11.6 Å². The van der Waals surface area contributed by atoms with Gasteiger partial charge >= 0.3 is 0 Å². The van der Waals surface area contributed by atoms with Crippen LogP contribution in [0.2, 0.25) is 5.02 Å². The summed E-state index contributed by atoms with van der Waals surface area (Å²) in [6, 6.07) is 14.2. The van der Waals surface area contributed by atoms with Gasteiger partial charge in [-0.1, -0.05) is 41.9 Å². The first-order valence-corrected chi connectivity index (χ1v) is 10.8. The van der Waals surface area contributed by atoms with Gasteiger partial charge in [0.05, 0.1) is 10.9 Å². The van der Waals surface area contributed by atoms with E-state index in [0.29, 0.717) is 5.02 Å². The molecule has 2 aromatic carbocycles. The number of hydrogen-bond donors (Lipinski definition) is 0. The van der Waals surface area contributed by atoms with Crippen LogP contribution in [0.25, 0.3) is 0 Å². The topological polar surface area (TPSA) is 54.5 Å². The molecule has 3 atom stereocenters. The number of rotatable bonds is 5. The van der Waals surface area contributed by atoms with Gasteiger partial charge in [0, 0.05) is 24.2 Å². The molecule has 4 nitrogen and oxygen atoms in total. The molecule has 6 heteroatoms. The monoisotopic (exact) mass is 391 g/mol. The molecule has 0 heterocycles. The third-order valence-electron chi connectivity index (χ3n) is 5.13. The molecular weight excluding hydrogens is 370 g/mol. The Hall–Kier alpha value is -1.85. The van der Waals surface area contributed by atoms with E-state index in [0.717, 1.165) is 17.5 Å². The number of carbonyl (C=O) groups is 1. The molecule has 3 unspecified atom stereocenters. The Morgan fingerprint density at radius 3 is 2.35 bits per heavy atom. The maximum absolute atomic E-state index is 12.8. The van der Waals surface area contributed by atoms with Crippen molar-refractivity contribution >= 4 is 27.3 Å². The summed E-state index contributed by atoms with van der Waals surface area (Å²) in [5.74, 6) is 0.228. The number of carbonyl (C=O) groups excluding carboxylic acids is 1. The molecule has 1 aliphatic carbocycles. The Morgan fingerprint density at radius 2 is 1.77 bits per heavy atom. The zero-order chi connectivity index (χ0) is 19.1. The van der Waals surface area contributed by atoms with E-state index in [1.54, 1.807) is 36.2 Å². The first kappa shape index (κ1) is 18.9. The van der Waals surface area contributed by atoms with Gasteiger partial charge in [0.2, 0.25) is 5.91 Å². The predicted octanol–water partition coefficient (Wildman–Crippen LogP) is 4.07. The van der Waals surface area contributed by atoms with Crippen LogP contribution in [0.1, 0.15) is 36.4 Å². The Bertz CT molecular complexity index is 924. The van der Waals surface area contributed by atoms with E-state index in [2.05, 4.69) is 0 Å². The quantitative estimate of drug-likeness (QED) is 0.772. The highest BCUT2D eigenvalue weighted by Crippen LogP contribution is 2.50. The molecule has 0 saturated heterocycles. The Balaban J connectivity index is 1.70. The van der Waals surface area contributed by atoms with Crippen molar-refractivity contribution in [3.8, 4) is 0 Å². The minimum absolute atomic E-state index is 0.0438. The van der Waals surface area contributed by atoms with Crippen molar-refractivity contribution in [2.24, 2.45) is 5.92 Å². The molecular formula is C20H22ClNO3S. The van der Waals surface area contributed by atoms with Gasteiger partial charge in [-0.3, -0.25) is 4.79 Å².